The molecule has 2 aromatic rings. The summed E-state index contributed by atoms with van der Waals surface area (Å²) in [6.07, 6.45) is 1.40. The summed E-state index contributed by atoms with van der Waals surface area (Å²) in [5, 5.41) is 0.731. The van der Waals surface area contributed by atoms with Crippen LogP contribution < -0.4 is 0 Å². The van der Waals surface area contributed by atoms with Crippen molar-refractivity contribution in [2.24, 2.45) is 0 Å². The van der Waals surface area contributed by atoms with E-state index in [1.807, 2.05) is 0 Å². The Labute approximate surface area is 98.2 Å². The largest absolute Gasteiger partial charge is 0.462 e. The fourth-order valence-electron chi connectivity index (χ4n) is 1.59. The summed E-state index contributed by atoms with van der Waals surface area (Å²) >= 11 is 0. The van der Waals surface area contributed by atoms with Crippen LogP contribution in [0.5, 0.6) is 0 Å². The van der Waals surface area contributed by atoms with Crippen molar-refractivity contribution in [3.05, 3.63) is 41.3 Å². The van der Waals surface area contributed by atoms with E-state index in [1.54, 1.807) is 26.0 Å². The lowest BCUT2D eigenvalue weighted by Gasteiger charge is -2.04. The highest BCUT2D eigenvalue weighted by Crippen LogP contribution is 2.18. The van der Waals surface area contributed by atoms with Gasteiger partial charge in [0.25, 0.3) is 0 Å². The zero-order valence-electron chi connectivity index (χ0n) is 9.66. The predicted molar refractivity (Wildman–Crippen MR) is 62.4 cm³/mol. The highest BCUT2D eigenvalue weighted by molar-refractivity contribution is 5.93. The minimum absolute atomic E-state index is 0.297. The van der Waals surface area contributed by atoms with Crippen LogP contribution in [0.1, 0.15) is 22.8 Å². The molecule has 1 aromatic heterocycles. The number of hydrogen-bond donors (Lipinski definition) is 0. The van der Waals surface area contributed by atoms with Crippen molar-refractivity contribution in [2.75, 3.05) is 6.61 Å². The predicted octanol–water partition coefficient (Wildman–Crippen LogP) is 2.86. The Morgan fingerprint density at radius 2 is 2.18 bits per heavy atom. The monoisotopic (exact) mass is 233 g/mol. The Morgan fingerprint density at radius 1 is 1.41 bits per heavy atom. The maximum atomic E-state index is 13.3. The van der Waals surface area contributed by atoms with Crippen LogP contribution in [0.3, 0.4) is 0 Å². The Bertz CT molecular complexity index is 581. The number of ether oxygens (including phenoxy) is 1. The van der Waals surface area contributed by atoms with Gasteiger partial charge in [-0.25, -0.2) is 9.18 Å². The van der Waals surface area contributed by atoms with Crippen molar-refractivity contribution < 1.29 is 13.9 Å². The van der Waals surface area contributed by atoms with E-state index in [2.05, 4.69) is 4.98 Å². The molecule has 0 amide bonds. The van der Waals surface area contributed by atoms with Crippen LogP contribution in [-0.4, -0.2) is 17.6 Å². The van der Waals surface area contributed by atoms with Gasteiger partial charge in [-0.3, -0.25) is 4.98 Å². The topological polar surface area (TPSA) is 39.2 Å². The molecule has 0 radical (unpaired) electrons. The van der Waals surface area contributed by atoms with Gasteiger partial charge in [0.15, 0.2) is 0 Å². The molecule has 0 saturated carbocycles. The Balaban J connectivity index is 2.50. The first-order chi connectivity index (χ1) is 8.11. The van der Waals surface area contributed by atoms with Gasteiger partial charge in [0, 0.05) is 17.6 Å². The number of esters is 1. The average molecular weight is 233 g/mol. The number of rotatable bonds is 2. The quantitative estimate of drug-likeness (QED) is 0.749. The van der Waals surface area contributed by atoms with Crippen LogP contribution in [0.25, 0.3) is 10.9 Å². The molecule has 0 aliphatic heterocycles. The molecule has 2 rings (SSSR count). The third-order valence-corrected chi connectivity index (χ3v) is 2.47. The molecule has 88 valence electrons. The lowest BCUT2D eigenvalue weighted by atomic mass is 10.1. The smallest absolute Gasteiger partial charge is 0.339 e. The van der Waals surface area contributed by atoms with Gasteiger partial charge in [-0.05, 0) is 31.5 Å². The maximum absolute atomic E-state index is 13.3. The summed E-state index contributed by atoms with van der Waals surface area (Å²) in [5.74, 6) is -0.710. The van der Waals surface area contributed by atoms with Crippen LogP contribution in [0.15, 0.2) is 24.4 Å². The fourth-order valence-corrected chi connectivity index (χ4v) is 1.59. The minimum Gasteiger partial charge on any atom is -0.462 e. The summed E-state index contributed by atoms with van der Waals surface area (Å²) in [7, 11) is 0. The summed E-state index contributed by atoms with van der Waals surface area (Å²) in [6, 6.07) is 4.69. The van der Waals surface area contributed by atoms with E-state index in [0.717, 1.165) is 5.39 Å². The summed E-state index contributed by atoms with van der Waals surface area (Å²) in [4.78, 5) is 15.5. The highest BCUT2D eigenvalue weighted by atomic mass is 19.1. The van der Waals surface area contributed by atoms with Crippen LogP contribution >= 0.6 is 0 Å². The Hall–Kier alpha value is -1.97. The molecule has 0 atom stereocenters. The number of nitrogens with zero attached hydrogens (tertiary/aromatic N) is 1. The Morgan fingerprint density at radius 3 is 2.88 bits per heavy atom. The van der Waals surface area contributed by atoms with Gasteiger partial charge in [-0.1, -0.05) is 0 Å². The van der Waals surface area contributed by atoms with Crippen molar-refractivity contribution in [2.45, 2.75) is 13.8 Å². The third kappa shape index (κ3) is 2.25. The van der Waals surface area contributed by atoms with E-state index in [-0.39, 0.29) is 5.82 Å². The summed E-state index contributed by atoms with van der Waals surface area (Å²) in [5.41, 5.74) is 1.44. The normalized spacial score (nSPS) is 10.5. The molecular formula is C13H12FNO2. The van der Waals surface area contributed by atoms with Gasteiger partial charge in [0.05, 0.1) is 17.7 Å². The molecule has 0 saturated heterocycles. The van der Waals surface area contributed by atoms with Gasteiger partial charge in [-0.15, -0.1) is 0 Å². The zero-order valence-corrected chi connectivity index (χ0v) is 9.66. The molecule has 0 fully saturated rings. The molecule has 0 aliphatic carbocycles. The average Bonchev–Trinajstić information content (AvgIpc) is 2.30. The van der Waals surface area contributed by atoms with E-state index in [0.29, 0.717) is 23.3 Å². The molecule has 0 N–H and O–H groups in total. The number of aryl methyl sites for hydroxylation is 1. The van der Waals surface area contributed by atoms with Crippen LogP contribution in [0.4, 0.5) is 4.39 Å². The number of aromatic nitrogens is 1. The first-order valence-electron chi connectivity index (χ1n) is 5.35. The van der Waals surface area contributed by atoms with Crippen molar-refractivity contribution in [3.8, 4) is 0 Å². The fraction of sp³-hybridized carbons (Fsp3) is 0.231. The lowest BCUT2D eigenvalue weighted by Crippen LogP contribution is -2.05. The molecule has 0 spiro atoms. The molecule has 0 unspecified atom stereocenters. The molecule has 0 bridgehead atoms. The molecule has 1 aromatic carbocycles. The number of carbonyl (C=O) groups excluding carboxylic acids is 1. The second-order valence-electron chi connectivity index (χ2n) is 3.74. The Kier molecular flexibility index (Phi) is 3.04. The maximum Gasteiger partial charge on any atom is 0.339 e. The first kappa shape index (κ1) is 11.5. The van der Waals surface area contributed by atoms with Crippen LogP contribution in [0.2, 0.25) is 0 Å². The van der Waals surface area contributed by atoms with Crippen molar-refractivity contribution >= 4 is 16.9 Å². The van der Waals surface area contributed by atoms with E-state index < -0.39 is 5.97 Å². The van der Waals surface area contributed by atoms with Gasteiger partial charge < -0.3 is 4.74 Å². The first-order valence-corrected chi connectivity index (χ1v) is 5.35. The second kappa shape index (κ2) is 4.49. The van der Waals surface area contributed by atoms with Gasteiger partial charge in [-0.2, -0.15) is 0 Å². The second-order valence-corrected chi connectivity index (χ2v) is 3.74. The van der Waals surface area contributed by atoms with Gasteiger partial charge >= 0.3 is 5.97 Å². The van der Waals surface area contributed by atoms with E-state index in [9.17, 15) is 9.18 Å². The number of fused-ring (bicyclic) bond motifs is 1. The molecular weight excluding hydrogens is 221 g/mol. The van der Waals surface area contributed by atoms with Gasteiger partial charge in [0.1, 0.15) is 5.82 Å². The van der Waals surface area contributed by atoms with Crippen molar-refractivity contribution in [3.63, 3.8) is 0 Å². The van der Waals surface area contributed by atoms with Gasteiger partial charge in [0.2, 0.25) is 0 Å². The highest BCUT2D eigenvalue weighted by Gasteiger charge is 2.09. The molecule has 0 aliphatic rings. The van der Waals surface area contributed by atoms with E-state index >= 15 is 0 Å². The molecule has 17 heavy (non-hydrogen) atoms. The molecule has 1 heterocycles. The zero-order chi connectivity index (χ0) is 12.4. The number of hydrogen-bond acceptors (Lipinski definition) is 3. The van der Waals surface area contributed by atoms with E-state index in [1.165, 1.54) is 12.3 Å². The number of carbonyl (C=O) groups is 1. The number of benzene rings is 1. The molecule has 4 heteroatoms. The van der Waals surface area contributed by atoms with Crippen LogP contribution in [0, 0.1) is 12.7 Å². The van der Waals surface area contributed by atoms with Crippen LogP contribution in [-0.2, 0) is 4.74 Å². The SMILES string of the molecule is CCOC(=O)c1cnc2cc(F)c(C)cc2c1. The molecule has 3 nitrogen and oxygen atoms in total. The van der Waals surface area contributed by atoms with Crippen molar-refractivity contribution in [1.29, 1.82) is 0 Å². The number of halogens is 1. The minimum atomic E-state index is -0.413. The summed E-state index contributed by atoms with van der Waals surface area (Å²) < 4.78 is 18.2. The number of pyridine rings is 1. The van der Waals surface area contributed by atoms with Crippen molar-refractivity contribution in [1.82, 2.24) is 4.98 Å². The summed E-state index contributed by atoms with van der Waals surface area (Å²) in [6.45, 7) is 3.73. The van der Waals surface area contributed by atoms with E-state index in [4.69, 9.17) is 4.74 Å². The lowest BCUT2D eigenvalue weighted by molar-refractivity contribution is 0.0526. The standard InChI is InChI=1S/C13H12FNO2/c1-3-17-13(16)10-5-9-4-8(2)11(14)6-12(9)15-7-10/h4-7H,3H2,1-2H3. The third-order valence-electron chi connectivity index (χ3n) is 2.47.